The number of rotatable bonds is 4. The molecule has 1 atom stereocenters. The van der Waals surface area contributed by atoms with Crippen molar-refractivity contribution >= 4 is 28.8 Å². The maximum absolute atomic E-state index is 13.2. The van der Waals surface area contributed by atoms with Gasteiger partial charge in [0.2, 0.25) is 11.9 Å². The summed E-state index contributed by atoms with van der Waals surface area (Å²) in [6.07, 6.45) is 1.49. The first-order chi connectivity index (χ1) is 14.4. The number of likely N-dealkylation sites (tertiary alicyclic amines) is 1. The van der Waals surface area contributed by atoms with Gasteiger partial charge in [-0.3, -0.25) is 14.9 Å². The molecule has 3 aromatic rings. The first-order valence-corrected chi connectivity index (χ1v) is 10.1. The van der Waals surface area contributed by atoms with Crippen LogP contribution in [-0.2, 0) is 11.8 Å². The average Bonchev–Trinajstić information content (AvgIpc) is 3.09. The van der Waals surface area contributed by atoms with Crippen LogP contribution in [0.25, 0.3) is 11.0 Å². The molecule has 2 aromatic carbocycles. The monoisotopic (exact) mass is 406 g/mol. The number of nitrogens with one attached hydrogen (secondary N) is 1. The van der Waals surface area contributed by atoms with E-state index in [4.69, 9.17) is 4.74 Å². The van der Waals surface area contributed by atoms with E-state index in [-0.39, 0.29) is 11.8 Å². The fourth-order valence-corrected chi connectivity index (χ4v) is 4.08. The number of para-hydroxylation sites is 1. The number of ether oxygens (including phenoxy) is 1. The van der Waals surface area contributed by atoms with Crippen LogP contribution in [0.5, 0.6) is 5.75 Å². The predicted octanol–water partition coefficient (Wildman–Crippen LogP) is 3.46. The number of hydrogen-bond donors (Lipinski definition) is 1. The van der Waals surface area contributed by atoms with Crippen LogP contribution in [0.15, 0.2) is 48.5 Å². The molecule has 7 nitrogen and oxygen atoms in total. The number of imidazole rings is 1. The van der Waals surface area contributed by atoms with E-state index in [9.17, 15) is 9.59 Å². The number of carbonyl (C=O) groups is 2. The molecule has 4 rings (SSSR count). The highest BCUT2D eigenvalue weighted by atomic mass is 16.5. The van der Waals surface area contributed by atoms with Crippen LogP contribution in [0.3, 0.4) is 0 Å². The Labute approximate surface area is 175 Å². The summed E-state index contributed by atoms with van der Waals surface area (Å²) in [5, 5.41) is 2.98. The van der Waals surface area contributed by atoms with Gasteiger partial charge in [-0.1, -0.05) is 24.3 Å². The van der Waals surface area contributed by atoms with Crippen LogP contribution in [0, 0.1) is 5.41 Å². The van der Waals surface area contributed by atoms with Crippen molar-refractivity contribution in [2.75, 3.05) is 25.5 Å². The van der Waals surface area contributed by atoms with Gasteiger partial charge in [0.25, 0.3) is 5.91 Å². The summed E-state index contributed by atoms with van der Waals surface area (Å²) in [5.74, 6) is 0.951. The lowest BCUT2D eigenvalue weighted by Gasteiger charge is -2.39. The molecule has 156 valence electrons. The van der Waals surface area contributed by atoms with E-state index >= 15 is 0 Å². The van der Waals surface area contributed by atoms with Crippen LogP contribution >= 0.6 is 0 Å². The van der Waals surface area contributed by atoms with Gasteiger partial charge < -0.3 is 14.2 Å². The Morgan fingerprint density at radius 2 is 1.90 bits per heavy atom. The number of benzene rings is 2. The smallest absolute Gasteiger partial charge is 0.253 e. The number of hydrogen-bond acceptors (Lipinski definition) is 4. The Kier molecular flexibility index (Phi) is 5.20. The Balaban J connectivity index is 1.55. The molecular formula is C23H26N4O3. The van der Waals surface area contributed by atoms with E-state index in [1.807, 2.05) is 54.9 Å². The van der Waals surface area contributed by atoms with Crippen LogP contribution < -0.4 is 10.1 Å². The van der Waals surface area contributed by atoms with E-state index in [0.717, 1.165) is 11.9 Å². The number of anilines is 1. The number of carbonyl (C=O) groups excluding carboxylic acids is 2. The number of aryl methyl sites for hydroxylation is 1. The normalized spacial score (nSPS) is 19.0. The molecular weight excluding hydrogens is 380 g/mol. The third-order valence-electron chi connectivity index (χ3n) is 5.87. The first kappa shape index (κ1) is 19.9. The number of nitrogens with zero attached hydrogens (tertiary/aromatic N) is 3. The maximum atomic E-state index is 13.2. The summed E-state index contributed by atoms with van der Waals surface area (Å²) in [6.45, 7) is 2.94. The zero-order chi connectivity index (χ0) is 21.3. The number of fused-ring (bicyclic) bond motifs is 1. The molecule has 1 N–H and O–H groups in total. The molecule has 2 amide bonds. The summed E-state index contributed by atoms with van der Waals surface area (Å²) >= 11 is 0. The quantitative estimate of drug-likeness (QED) is 0.720. The summed E-state index contributed by atoms with van der Waals surface area (Å²) in [4.78, 5) is 32.5. The highest BCUT2D eigenvalue weighted by Gasteiger charge is 2.40. The van der Waals surface area contributed by atoms with Gasteiger partial charge in [-0.05, 0) is 44.0 Å². The third-order valence-corrected chi connectivity index (χ3v) is 5.87. The van der Waals surface area contributed by atoms with Crippen molar-refractivity contribution in [1.29, 1.82) is 0 Å². The fourth-order valence-electron chi connectivity index (χ4n) is 4.08. The van der Waals surface area contributed by atoms with Gasteiger partial charge in [-0.15, -0.1) is 0 Å². The summed E-state index contributed by atoms with van der Waals surface area (Å²) in [6, 6.07) is 14.9. The molecule has 1 aromatic heterocycles. The highest BCUT2D eigenvalue weighted by Crippen LogP contribution is 2.33. The van der Waals surface area contributed by atoms with Gasteiger partial charge in [-0.2, -0.15) is 0 Å². The van der Waals surface area contributed by atoms with Crippen molar-refractivity contribution in [2.24, 2.45) is 12.5 Å². The van der Waals surface area contributed by atoms with Crippen LogP contribution in [0.1, 0.15) is 30.1 Å². The molecule has 0 saturated carbocycles. The van der Waals surface area contributed by atoms with Crippen molar-refractivity contribution in [3.63, 3.8) is 0 Å². The summed E-state index contributed by atoms with van der Waals surface area (Å²) in [7, 11) is 3.46. The number of piperidine rings is 1. The molecule has 1 fully saturated rings. The topological polar surface area (TPSA) is 76.5 Å². The lowest BCUT2D eigenvalue weighted by atomic mass is 9.80. The molecule has 1 aliphatic heterocycles. The van der Waals surface area contributed by atoms with Gasteiger partial charge in [0, 0.05) is 25.7 Å². The number of aromatic nitrogens is 2. The second-order valence-electron chi connectivity index (χ2n) is 8.03. The van der Waals surface area contributed by atoms with E-state index in [1.54, 1.807) is 24.1 Å². The Hall–Kier alpha value is -3.35. The Morgan fingerprint density at radius 1 is 1.13 bits per heavy atom. The van der Waals surface area contributed by atoms with Crippen molar-refractivity contribution < 1.29 is 14.3 Å². The van der Waals surface area contributed by atoms with Gasteiger partial charge in [0.1, 0.15) is 11.3 Å². The molecule has 0 spiro atoms. The van der Waals surface area contributed by atoms with Crippen molar-refractivity contribution in [3.05, 3.63) is 54.1 Å². The fraction of sp³-hybridized carbons (Fsp3) is 0.348. The highest BCUT2D eigenvalue weighted by molar-refractivity contribution is 5.98. The van der Waals surface area contributed by atoms with E-state index < -0.39 is 5.41 Å². The van der Waals surface area contributed by atoms with Crippen LogP contribution in [0.4, 0.5) is 5.95 Å². The van der Waals surface area contributed by atoms with Crippen molar-refractivity contribution in [1.82, 2.24) is 14.5 Å². The summed E-state index contributed by atoms with van der Waals surface area (Å²) < 4.78 is 7.23. The lowest BCUT2D eigenvalue weighted by Crippen LogP contribution is -2.50. The number of amides is 2. The number of methoxy groups -OCH3 is 1. The SMILES string of the molecule is COc1cccc2c1nc(NC(=O)C1(C)CCCN(C(=O)c3ccccc3)C1)n2C. The molecule has 30 heavy (non-hydrogen) atoms. The maximum Gasteiger partial charge on any atom is 0.253 e. The van der Waals surface area contributed by atoms with Gasteiger partial charge in [0.15, 0.2) is 0 Å². The Bertz CT molecular complexity index is 1090. The third kappa shape index (κ3) is 3.51. The van der Waals surface area contributed by atoms with Crippen molar-refractivity contribution in [2.45, 2.75) is 19.8 Å². The molecule has 1 unspecified atom stereocenters. The molecule has 0 radical (unpaired) electrons. The standard InChI is InChI=1S/C23H26N4O3/c1-23(13-8-14-27(15-23)20(28)16-9-5-4-6-10-16)21(29)25-22-24-19-17(26(22)2)11-7-12-18(19)30-3/h4-7,9-12H,8,13-15H2,1-3H3,(H,24,25,29). The first-order valence-electron chi connectivity index (χ1n) is 10.1. The molecule has 2 heterocycles. The predicted molar refractivity (Wildman–Crippen MR) is 116 cm³/mol. The average molecular weight is 406 g/mol. The van der Waals surface area contributed by atoms with E-state index in [2.05, 4.69) is 10.3 Å². The van der Waals surface area contributed by atoms with Crippen molar-refractivity contribution in [3.8, 4) is 5.75 Å². The Morgan fingerprint density at radius 3 is 2.63 bits per heavy atom. The lowest BCUT2D eigenvalue weighted by molar-refractivity contribution is -0.127. The molecule has 7 heteroatoms. The van der Waals surface area contributed by atoms with E-state index in [0.29, 0.717) is 42.3 Å². The molecule has 0 bridgehead atoms. The zero-order valence-corrected chi connectivity index (χ0v) is 17.5. The zero-order valence-electron chi connectivity index (χ0n) is 17.5. The minimum atomic E-state index is -0.690. The van der Waals surface area contributed by atoms with Gasteiger partial charge in [0.05, 0.1) is 18.0 Å². The van der Waals surface area contributed by atoms with E-state index in [1.165, 1.54) is 0 Å². The van der Waals surface area contributed by atoms with Gasteiger partial charge in [-0.25, -0.2) is 4.98 Å². The minimum Gasteiger partial charge on any atom is -0.494 e. The largest absolute Gasteiger partial charge is 0.494 e. The molecule has 0 aliphatic carbocycles. The summed E-state index contributed by atoms with van der Waals surface area (Å²) in [5.41, 5.74) is 1.53. The van der Waals surface area contributed by atoms with Gasteiger partial charge >= 0.3 is 0 Å². The molecule has 1 saturated heterocycles. The van der Waals surface area contributed by atoms with Crippen LogP contribution in [-0.4, -0.2) is 46.5 Å². The second-order valence-corrected chi connectivity index (χ2v) is 8.03. The van der Waals surface area contributed by atoms with Crippen LogP contribution in [0.2, 0.25) is 0 Å². The minimum absolute atomic E-state index is 0.0400. The second kappa shape index (κ2) is 7.82. The molecule has 1 aliphatic rings.